The molecule has 0 atom stereocenters. The average Bonchev–Trinajstić information content (AvgIpc) is 2.99. The van der Waals surface area contributed by atoms with Crippen molar-refractivity contribution < 1.29 is 58.4 Å². The first-order chi connectivity index (χ1) is 21.4. The van der Waals surface area contributed by atoms with E-state index in [-0.39, 0.29) is 85.4 Å². The summed E-state index contributed by atoms with van der Waals surface area (Å²) in [7, 11) is 0. The molecule has 2 N–H and O–H groups in total. The van der Waals surface area contributed by atoms with E-state index in [2.05, 4.69) is 100.0 Å². The molecule has 2 nitrogen and oxygen atoms in total. The average molecular weight is 936 g/mol. The summed E-state index contributed by atoms with van der Waals surface area (Å²) in [6, 6.07) is 13.1. The molecule has 0 bridgehead atoms. The van der Waals surface area contributed by atoms with E-state index < -0.39 is 0 Å². The van der Waals surface area contributed by atoms with Crippen molar-refractivity contribution in [2.24, 2.45) is 0 Å². The van der Waals surface area contributed by atoms with Gasteiger partial charge in [-0.3, -0.25) is 0 Å². The third-order valence-electron chi connectivity index (χ3n) is 8.19. The minimum atomic E-state index is 0. The first kappa shape index (κ1) is 59.8. The van der Waals surface area contributed by atoms with Crippen LogP contribution in [0, 0.1) is 0 Å². The maximum absolute atomic E-state index is 5.11. The molecule has 49 heavy (non-hydrogen) atoms. The van der Waals surface area contributed by atoms with E-state index in [0.29, 0.717) is 8.64 Å². The Balaban J connectivity index is -0.000000239. The van der Waals surface area contributed by atoms with Gasteiger partial charge in [0.2, 0.25) is 0 Å². The number of nitrogens with one attached hydrogen (secondary N) is 2. The van der Waals surface area contributed by atoms with E-state index in [1.807, 2.05) is 0 Å². The van der Waals surface area contributed by atoms with Crippen LogP contribution in [0.15, 0.2) is 36.4 Å². The zero-order valence-electron chi connectivity index (χ0n) is 31.3. The van der Waals surface area contributed by atoms with Crippen LogP contribution in [0.5, 0.6) is 0 Å². The van der Waals surface area contributed by atoms with Gasteiger partial charge in [0.15, 0.2) is 0 Å². The Hall–Kier alpha value is 1.49. The standard InChI is InChI=1S/2C19H31NS2.2S.3Zn/c2*1-3-5-7-9-12-16-13-11-15-18(20-19(21)22)17(16)14-10-8-6-4-2;;;;;/h2*11,13,15H,3-10,12,14H2,1-2H3,(H2,20,21,22);;;;;/q;;2*-2;3*+2. The molecule has 0 unspecified atom stereocenters. The van der Waals surface area contributed by atoms with Gasteiger partial charge in [0.05, 0.1) is 0 Å². The van der Waals surface area contributed by atoms with Gasteiger partial charge in [0, 0.05) is 11.4 Å². The van der Waals surface area contributed by atoms with Crippen molar-refractivity contribution in [1.82, 2.24) is 0 Å². The number of hydrogen-bond acceptors (Lipinski definition) is 2. The minimum Gasteiger partial charge on any atom is -2.00 e. The molecule has 0 aliphatic carbocycles. The molecule has 0 fully saturated rings. The zero-order valence-corrected chi connectivity index (χ0v) is 45.2. The largest absolute Gasteiger partial charge is 2.00 e. The van der Waals surface area contributed by atoms with E-state index in [1.54, 1.807) is 0 Å². The molecule has 264 valence electrons. The first-order valence-electron chi connectivity index (χ1n) is 17.6. The Labute approximate surface area is 376 Å². The third-order valence-corrected chi connectivity index (χ3v) is 8.62. The summed E-state index contributed by atoms with van der Waals surface area (Å²) >= 11 is 18.7. The number of thiocarbonyl (C=S) groups is 2. The predicted molar refractivity (Wildman–Crippen MR) is 229 cm³/mol. The number of anilines is 2. The van der Waals surface area contributed by atoms with Gasteiger partial charge < -0.3 is 37.6 Å². The summed E-state index contributed by atoms with van der Waals surface area (Å²) in [5.41, 5.74) is 8.19. The maximum atomic E-state index is 5.11. The van der Waals surface area contributed by atoms with Crippen LogP contribution < -0.4 is 10.6 Å². The van der Waals surface area contributed by atoms with Gasteiger partial charge in [-0.05, 0) is 85.8 Å². The molecule has 11 heteroatoms. The van der Waals surface area contributed by atoms with E-state index in [1.165, 1.54) is 138 Å². The van der Waals surface area contributed by atoms with Crippen molar-refractivity contribution in [2.45, 2.75) is 156 Å². The Kier molecular flexibility index (Phi) is 49.6. The van der Waals surface area contributed by atoms with Gasteiger partial charge in [-0.1, -0.05) is 153 Å². The fourth-order valence-electron chi connectivity index (χ4n) is 5.73. The van der Waals surface area contributed by atoms with E-state index in [4.69, 9.17) is 24.4 Å². The van der Waals surface area contributed by atoms with Gasteiger partial charge in [-0.2, -0.15) is 0 Å². The molecular formula is C38H62N2S6Zn3+2. The van der Waals surface area contributed by atoms with Crippen LogP contribution in [0.1, 0.15) is 153 Å². The van der Waals surface area contributed by atoms with Gasteiger partial charge in [-0.25, -0.2) is 0 Å². The molecule has 2 aromatic carbocycles. The second kappa shape index (κ2) is 40.7. The van der Waals surface area contributed by atoms with Crippen molar-refractivity contribution in [1.29, 1.82) is 0 Å². The fraction of sp³-hybridized carbons (Fsp3) is 0.632. The Morgan fingerprint density at radius 1 is 0.469 bits per heavy atom. The Bertz CT molecular complexity index is 992. The van der Waals surface area contributed by atoms with Gasteiger partial charge in [0.1, 0.15) is 8.64 Å². The van der Waals surface area contributed by atoms with Crippen molar-refractivity contribution in [3.05, 3.63) is 58.7 Å². The zero-order chi connectivity index (χ0) is 32.4. The van der Waals surface area contributed by atoms with Crippen LogP contribution in [-0.2, 0) is 111 Å². The molecule has 0 radical (unpaired) electrons. The monoisotopic (exact) mass is 930 g/mol. The summed E-state index contributed by atoms with van der Waals surface area (Å²) in [6.07, 6.45) is 25.5. The molecule has 0 saturated carbocycles. The molecule has 0 amide bonds. The number of thiol groups is 2. The quantitative estimate of drug-likeness (QED) is 0.0409. The Morgan fingerprint density at radius 3 is 1.02 bits per heavy atom. The van der Waals surface area contributed by atoms with Crippen molar-refractivity contribution in [3.8, 4) is 0 Å². The Morgan fingerprint density at radius 2 is 0.755 bits per heavy atom. The van der Waals surface area contributed by atoms with Crippen LogP contribution in [0.2, 0.25) is 0 Å². The molecule has 0 aliphatic heterocycles. The predicted octanol–water partition coefficient (Wildman–Crippen LogP) is 13.1. The normalized spacial score (nSPS) is 9.59. The SMILES string of the molecule is CCCCCCc1cccc(NC(=S)S)c1CCCCCC.CCCCCCc1cccc(NC(=S)S)c1CCCCCC.[S-2].[S-2].[Zn+2].[Zn+2].[Zn+2]. The van der Waals surface area contributed by atoms with E-state index in [0.717, 1.165) is 24.2 Å². The molecule has 0 aliphatic rings. The molecule has 0 aromatic heterocycles. The second-order valence-electron chi connectivity index (χ2n) is 12.0. The summed E-state index contributed by atoms with van der Waals surface area (Å²) < 4.78 is 1.11. The smallest absolute Gasteiger partial charge is 2.00 e. The summed E-state index contributed by atoms with van der Waals surface area (Å²) in [6.45, 7) is 9.04. The van der Waals surface area contributed by atoms with Crippen molar-refractivity contribution >= 4 is 96.7 Å². The molecule has 0 spiro atoms. The van der Waals surface area contributed by atoms with Crippen LogP contribution in [0.25, 0.3) is 0 Å². The number of rotatable bonds is 22. The van der Waals surface area contributed by atoms with Crippen LogP contribution in [0.3, 0.4) is 0 Å². The van der Waals surface area contributed by atoms with E-state index >= 15 is 0 Å². The minimum absolute atomic E-state index is 0. The number of aryl methyl sites for hydroxylation is 2. The second-order valence-corrected chi connectivity index (χ2v) is 14.3. The molecular weight excluding hydrogens is 873 g/mol. The van der Waals surface area contributed by atoms with Gasteiger partial charge >= 0.3 is 58.4 Å². The summed E-state index contributed by atoms with van der Waals surface area (Å²) in [5, 5.41) is 6.50. The van der Waals surface area contributed by atoms with Crippen LogP contribution >= 0.6 is 49.7 Å². The fourth-order valence-corrected chi connectivity index (χ4v) is 6.20. The molecule has 2 aromatic rings. The molecule has 2 rings (SSSR count). The van der Waals surface area contributed by atoms with E-state index in [9.17, 15) is 0 Å². The van der Waals surface area contributed by atoms with Crippen molar-refractivity contribution in [3.63, 3.8) is 0 Å². The molecule has 0 saturated heterocycles. The maximum Gasteiger partial charge on any atom is 2.00 e. The summed E-state index contributed by atoms with van der Waals surface area (Å²) in [4.78, 5) is 0. The number of hydrogen-bond donors (Lipinski definition) is 4. The first-order valence-corrected chi connectivity index (χ1v) is 19.3. The number of benzene rings is 2. The van der Waals surface area contributed by atoms with Gasteiger partial charge in [-0.15, -0.1) is 25.3 Å². The number of unbranched alkanes of at least 4 members (excludes halogenated alkanes) is 12. The summed E-state index contributed by atoms with van der Waals surface area (Å²) in [5.74, 6) is 0. The third kappa shape index (κ3) is 29.5. The topological polar surface area (TPSA) is 24.1 Å². The van der Waals surface area contributed by atoms with Crippen molar-refractivity contribution in [2.75, 3.05) is 10.6 Å². The van der Waals surface area contributed by atoms with Crippen LogP contribution in [-0.4, -0.2) is 8.64 Å². The van der Waals surface area contributed by atoms with Crippen LogP contribution in [0.4, 0.5) is 11.4 Å². The molecule has 0 heterocycles. The van der Waals surface area contributed by atoms with Gasteiger partial charge in [0.25, 0.3) is 0 Å².